The van der Waals surface area contributed by atoms with Crippen LogP contribution in [-0.4, -0.2) is 19.7 Å². The summed E-state index contributed by atoms with van der Waals surface area (Å²) in [4.78, 5) is 0. The molecule has 0 bridgehead atoms. The minimum Gasteiger partial charge on any atom is -0.487 e. The van der Waals surface area contributed by atoms with Crippen LogP contribution in [0, 0.1) is 5.92 Å². The third kappa shape index (κ3) is 7.15. The summed E-state index contributed by atoms with van der Waals surface area (Å²) in [5, 5.41) is 1.08. The van der Waals surface area contributed by atoms with Crippen LogP contribution in [0.25, 0.3) is 0 Å². The van der Waals surface area contributed by atoms with E-state index in [9.17, 15) is 0 Å². The molecule has 11 heavy (non-hydrogen) atoms. The summed E-state index contributed by atoms with van der Waals surface area (Å²) in [5.74, 6) is 0.674. The highest BCUT2D eigenvalue weighted by atomic mass is 35.6. The highest BCUT2D eigenvalue weighted by Crippen LogP contribution is 2.12. The molecule has 0 aromatic rings. The molecule has 0 amide bonds. The Kier molecular flexibility index (Phi) is 6.76. The van der Waals surface area contributed by atoms with Gasteiger partial charge in [0.05, 0.1) is 0 Å². The minimum absolute atomic E-state index is 0.350. The number of hydrogen-bond acceptors (Lipinski definition) is 1. The van der Waals surface area contributed by atoms with Gasteiger partial charge in [-0.1, -0.05) is 32.0 Å². The van der Waals surface area contributed by atoms with Gasteiger partial charge in [0.15, 0.2) is 0 Å². The molecule has 3 heteroatoms. The first-order valence-corrected chi connectivity index (χ1v) is 7.39. The molecule has 0 aliphatic heterocycles. The molecule has 0 radical (unpaired) electrons. The van der Waals surface area contributed by atoms with Gasteiger partial charge in [0.1, 0.15) is 0 Å². The van der Waals surface area contributed by atoms with Gasteiger partial charge in [-0.15, -0.1) is 0 Å². The van der Waals surface area contributed by atoms with E-state index >= 15 is 0 Å². The van der Waals surface area contributed by atoms with Gasteiger partial charge < -0.3 is 3.79 Å². The molecular weight excluding hydrogens is 175 g/mol. The van der Waals surface area contributed by atoms with E-state index in [1.165, 1.54) is 0 Å². The second kappa shape index (κ2) is 6.32. The van der Waals surface area contributed by atoms with Crippen molar-refractivity contribution >= 4 is 23.6 Å². The van der Waals surface area contributed by atoms with Crippen molar-refractivity contribution in [2.45, 2.75) is 45.5 Å². The van der Waals surface area contributed by atoms with E-state index in [0.717, 1.165) is 11.7 Å². The summed E-state index contributed by atoms with van der Waals surface area (Å²) in [7, 11) is 6.07. The zero-order valence-electron chi connectivity index (χ0n) is 7.93. The van der Waals surface area contributed by atoms with Gasteiger partial charge in [0, 0.05) is 6.10 Å². The van der Waals surface area contributed by atoms with Crippen LogP contribution in [0.1, 0.15) is 34.1 Å². The molecule has 0 aromatic heterocycles. The fourth-order valence-electron chi connectivity index (χ4n) is 0.774. The molecule has 0 spiro atoms. The van der Waals surface area contributed by atoms with Gasteiger partial charge in [0.25, 0.3) is 0 Å². The van der Waals surface area contributed by atoms with Crippen LogP contribution in [-0.2, 0) is 3.79 Å². The fraction of sp³-hybridized carbons (Fsp3) is 1.00. The first-order valence-electron chi connectivity index (χ1n) is 4.35. The standard InChI is InChI=1S/C4H9O.C4H9.Al.ClH/c1-3-4(2)5;1-4(2)3;;/h4H,3H2,1-2H3;4H,1H2,2-3H3;;1H/q-1;;+2;/p-1. The first kappa shape index (κ1) is 11.8. The topological polar surface area (TPSA) is 9.23 Å². The average molecular weight is 193 g/mol. The highest BCUT2D eigenvalue weighted by molar-refractivity contribution is 7.03. The van der Waals surface area contributed by atoms with Crippen molar-refractivity contribution in [1.29, 1.82) is 0 Å². The monoisotopic (exact) mass is 192 g/mol. The third-order valence-electron chi connectivity index (χ3n) is 1.61. The summed E-state index contributed by atoms with van der Waals surface area (Å²) in [6.45, 7) is 8.57. The fourth-order valence-corrected chi connectivity index (χ4v) is 3.92. The molecule has 0 aliphatic rings. The van der Waals surface area contributed by atoms with Gasteiger partial charge >= 0.3 is 13.6 Å². The van der Waals surface area contributed by atoms with Crippen molar-refractivity contribution in [3.63, 3.8) is 0 Å². The maximum Gasteiger partial charge on any atom is 0.592 e. The Balaban J connectivity index is 3.43. The van der Waals surface area contributed by atoms with E-state index in [0.29, 0.717) is 12.0 Å². The molecule has 0 saturated carbocycles. The van der Waals surface area contributed by atoms with Crippen molar-refractivity contribution in [2.24, 2.45) is 5.92 Å². The Bertz CT molecular complexity index is 98.1. The Morgan fingerprint density at radius 1 is 1.36 bits per heavy atom. The molecule has 0 aliphatic carbocycles. The van der Waals surface area contributed by atoms with Crippen LogP contribution < -0.4 is 0 Å². The lowest BCUT2D eigenvalue weighted by molar-refractivity contribution is 0.222. The van der Waals surface area contributed by atoms with Gasteiger partial charge in [-0.3, -0.25) is 0 Å². The second-order valence-corrected chi connectivity index (χ2v) is 6.42. The summed E-state index contributed by atoms with van der Waals surface area (Å²) in [6, 6.07) is 0. The number of hydrogen-bond donors (Lipinski definition) is 0. The largest absolute Gasteiger partial charge is 0.592 e. The summed E-state index contributed by atoms with van der Waals surface area (Å²) >= 11 is -1.36. The van der Waals surface area contributed by atoms with E-state index in [1.807, 2.05) is 0 Å². The van der Waals surface area contributed by atoms with Crippen molar-refractivity contribution in [3.05, 3.63) is 0 Å². The lowest BCUT2D eigenvalue weighted by Crippen LogP contribution is -2.19. The summed E-state index contributed by atoms with van der Waals surface area (Å²) in [6.07, 6.45) is 1.41. The molecule has 0 heterocycles. The SMILES string of the molecule is CCC(C)[O][Al]([Cl])[CH2]C(C)C. The van der Waals surface area contributed by atoms with E-state index in [2.05, 4.69) is 27.7 Å². The quantitative estimate of drug-likeness (QED) is 0.608. The Hall–Kier alpha value is 0.782. The van der Waals surface area contributed by atoms with E-state index in [-0.39, 0.29) is 0 Å². The average Bonchev–Trinajstić information content (AvgIpc) is 1.85. The van der Waals surface area contributed by atoms with Crippen molar-refractivity contribution in [3.8, 4) is 0 Å². The summed E-state index contributed by atoms with van der Waals surface area (Å²) < 4.78 is 5.61. The molecule has 1 nitrogen and oxygen atoms in total. The highest BCUT2D eigenvalue weighted by Gasteiger charge is 2.21. The lowest BCUT2D eigenvalue weighted by Gasteiger charge is -2.14. The first-order chi connectivity index (χ1) is 5.06. The molecule has 0 aromatic carbocycles. The maximum atomic E-state index is 6.07. The van der Waals surface area contributed by atoms with Gasteiger partial charge in [-0.2, -0.15) is 0 Å². The molecule has 0 N–H and O–H groups in total. The molecule has 1 unspecified atom stereocenters. The smallest absolute Gasteiger partial charge is 0.487 e. The minimum atomic E-state index is -1.36. The van der Waals surface area contributed by atoms with Crippen molar-refractivity contribution in [2.75, 3.05) is 0 Å². The van der Waals surface area contributed by atoms with Gasteiger partial charge in [-0.05, 0) is 13.3 Å². The van der Waals surface area contributed by atoms with Crippen LogP contribution in [0.4, 0.5) is 0 Å². The zero-order valence-corrected chi connectivity index (χ0v) is 9.84. The Morgan fingerprint density at radius 3 is 2.27 bits per heavy atom. The van der Waals surface area contributed by atoms with Gasteiger partial charge in [0.2, 0.25) is 0 Å². The van der Waals surface area contributed by atoms with E-state index in [4.69, 9.17) is 13.8 Å². The van der Waals surface area contributed by atoms with E-state index < -0.39 is 13.6 Å². The van der Waals surface area contributed by atoms with Crippen molar-refractivity contribution < 1.29 is 3.79 Å². The third-order valence-corrected chi connectivity index (χ3v) is 4.53. The lowest BCUT2D eigenvalue weighted by atomic mass is 10.3. The Morgan fingerprint density at radius 2 is 1.91 bits per heavy atom. The van der Waals surface area contributed by atoms with Crippen LogP contribution >= 0.6 is 10.0 Å². The van der Waals surface area contributed by atoms with Crippen LogP contribution in [0.2, 0.25) is 5.28 Å². The van der Waals surface area contributed by atoms with Crippen LogP contribution in [0.5, 0.6) is 0 Å². The van der Waals surface area contributed by atoms with E-state index in [1.54, 1.807) is 0 Å². The maximum absolute atomic E-state index is 6.07. The van der Waals surface area contributed by atoms with Crippen molar-refractivity contribution in [1.82, 2.24) is 0 Å². The van der Waals surface area contributed by atoms with Gasteiger partial charge in [-0.25, -0.2) is 10.0 Å². The Labute approximate surface area is 79.0 Å². The predicted octanol–water partition coefficient (Wildman–Crippen LogP) is 3.18. The molecular formula is C8H18AlClO. The zero-order chi connectivity index (χ0) is 8.85. The molecule has 1 atom stereocenters. The summed E-state index contributed by atoms with van der Waals surface area (Å²) in [5.41, 5.74) is 0. The van der Waals surface area contributed by atoms with Crippen LogP contribution in [0.3, 0.4) is 0 Å². The molecule has 0 rings (SSSR count). The normalized spacial score (nSPS) is 13.6. The predicted molar refractivity (Wildman–Crippen MR) is 52.1 cm³/mol. The molecule has 66 valence electrons. The number of halogens is 1. The van der Waals surface area contributed by atoms with Crippen LogP contribution in [0.15, 0.2) is 0 Å². The number of rotatable bonds is 5. The molecule has 0 fully saturated rings. The second-order valence-electron chi connectivity index (χ2n) is 3.39. The molecule has 0 saturated heterocycles.